The molecule has 2 rings (SSSR count). The molecule has 0 radical (unpaired) electrons. The van der Waals surface area contributed by atoms with Gasteiger partial charge in [0.1, 0.15) is 10.1 Å². The number of halogens is 2. The van der Waals surface area contributed by atoms with Gasteiger partial charge in [-0.25, -0.2) is 4.79 Å². The van der Waals surface area contributed by atoms with Crippen LogP contribution in [0.3, 0.4) is 0 Å². The Balaban J connectivity index is 2.06. The van der Waals surface area contributed by atoms with Crippen LogP contribution in [0.1, 0.15) is 40.0 Å². The van der Waals surface area contributed by atoms with Crippen molar-refractivity contribution < 1.29 is 14.3 Å². The number of ether oxygens (including phenoxy) is 2. The Morgan fingerprint density at radius 1 is 1.32 bits per heavy atom. The first-order valence-electron chi connectivity index (χ1n) is 6.81. The van der Waals surface area contributed by atoms with Crippen molar-refractivity contribution in [1.82, 2.24) is 0 Å². The maximum atomic E-state index is 11.3. The zero-order valence-corrected chi connectivity index (χ0v) is 13.0. The molecule has 1 saturated carbocycles. The topological polar surface area (TPSA) is 35.5 Å². The fourth-order valence-electron chi connectivity index (χ4n) is 2.92. The third-order valence-corrected chi connectivity index (χ3v) is 4.89. The second-order valence-electron chi connectivity index (χ2n) is 5.90. The van der Waals surface area contributed by atoms with Gasteiger partial charge in [0, 0.05) is 0 Å². The molecular weight excluding hydrogens is 287 g/mol. The summed E-state index contributed by atoms with van der Waals surface area (Å²) in [5.74, 6) is 1.03. The van der Waals surface area contributed by atoms with Crippen molar-refractivity contribution >= 4 is 29.2 Å². The molecule has 1 fully saturated rings. The predicted octanol–water partition coefficient (Wildman–Crippen LogP) is 4.04. The van der Waals surface area contributed by atoms with Crippen molar-refractivity contribution in [3.63, 3.8) is 0 Å². The molecule has 3 nitrogen and oxygen atoms in total. The van der Waals surface area contributed by atoms with Crippen LogP contribution in [-0.2, 0) is 14.3 Å². The van der Waals surface area contributed by atoms with E-state index in [9.17, 15) is 4.79 Å². The van der Waals surface area contributed by atoms with Crippen LogP contribution < -0.4 is 0 Å². The molecular formula is C14H20Cl2O3. The van der Waals surface area contributed by atoms with Gasteiger partial charge in [0.25, 0.3) is 0 Å². The lowest BCUT2D eigenvalue weighted by molar-refractivity contribution is -0.179. The van der Waals surface area contributed by atoms with Crippen LogP contribution in [0.5, 0.6) is 0 Å². The molecule has 0 amide bonds. The minimum atomic E-state index is -0.821. The van der Waals surface area contributed by atoms with Gasteiger partial charge in [-0.15, -0.1) is 0 Å². The number of hydrogen-bond donors (Lipinski definition) is 0. The summed E-state index contributed by atoms with van der Waals surface area (Å²) in [6.45, 7) is 6.61. The lowest BCUT2D eigenvalue weighted by atomic mass is 9.75. The van der Waals surface area contributed by atoms with Crippen LogP contribution in [0.15, 0.2) is 10.1 Å². The summed E-state index contributed by atoms with van der Waals surface area (Å²) in [5, 5.41) is 0.115. The molecule has 0 spiro atoms. The summed E-state index contributed by atoms with van der Waals surface area (Å²) in [7, 11) is 0. The van der Waals surface area contributed by atoms with E-state index < -0.39 is 12.3 Å². The number of hydrogen-bond acceptors (Lipinski definition) is 3. The van der Waals surface area contributed by atoms with Gasteiger partial charge in [0.05, 0.1) is 6.10 Å². The van der Waals surface area contributed by atoms with Gasteiger partial charge in [-0.2, -0.15) is 0 Å². The van der Waals surface area contributed by atoms with E-state index in [1.807, 2.05) is 0 Å². The zero-order chi connectivity index (χ0) is 14.2. The summed E-state index contributed by atoms with van der Waals surface area (Å²) in [5.41, 5.74) is 0. The number of carbonyl (C=O) groups is 1. The van der Waals surface area contributed by atoms with Crippen molar-refractivity contribution in [3.8, 4) is 0 Å². The highest BCUT2D eigenvalue weighted by Gasteiger charge is 2.39. The minimum absolute atomic E-state index is 0.0587. The molecule has 0 aromatic heterocycles. The average molecular weight is 307 g/mol. The summed E-state index contributed by atoms with van der Waals surface area (Å²) in [4.78, 5) is 11.3. The van der Waals surface area contributed by atoms with E-state index in [0.29, 0.717) is 17.8 Å². The smallest absolute Gasteiger partial charge is 0.353 e. The van der Waals surface area contributed by atoms with E-state index in [2.05, 4.69) is 20.8 Å². The fourth-order valence-corrected chi connectivity index (χ4v) is 3.23. The molecule has 108 valence electrons. The third-order valence-electron chi connectivity index (χ3n) is 4.07. The maximum Gasteiger partial charge on any atom is 0.353 e. The largest absolute Gasteiger partial charge is 0.426 e. The van der Waals surface area contributed by atoms with Gasteiger partial charge in [-0.3, -0.25) is 0 Å². The van der Waals surface area contributed by atoms with Crippen molar-refractivity contribution in [3.05, 3.63) is 10.1 Å². The first-order chi connectivity index (χ1) is 8.90. The van der Waals surface area contributed by atoms with Crippen LogP contribution >= 0.6 is 23.2 Å². The van der Waals surface area contributed by atoms with Crippen LogP contribution in [0.2, 0.25) is 0 Å². The number of carbonyl (C=O) groups excluding carboxylic acids is 1. The van der Waals surface area contributed by atoms with E-state index in [1.165, 1.54) is 6.42 Å². The Bertz CT molecular complexity index is 392. The van der Waals surface area contributed by atoms with E-state index in [-0.39, 0.29) is 16.2 Å². The molecule has 1 aliphatic heterocycles. The summed E-state index contributed by atoms with van der Waals surface area (Å²) >= 11 is 11.7. The van der Waals surface area contributed by atoms with E-state index >= 15 is 0 Å². The Morgan fingerprint density at radius 2 is 2.00 bits per heavy atom. The SMILES string of the molecule is CC1CCC(C(C)C)C(OC2OC(=O)C(Cl)=C2Cl)C1. The van der Waals surface area contributed by atoms with Gasteiger partial charge in [0.15, 0.2) is 0 Å². The number of cyclic esters (lactones) is 1. The van der Waals surface area contributed by atoms with Gasteiger partial charge in [-0.05, 0) is 30.6 Å². The van der Waals surface area contributed by atoms with E-state index in [1.54, 1.807) is 0 Å². The number of rotatable bonds is 3. The quantitative estimate of drug-likeness (QED) is 0.738. The summed E-state index contributed by atoms with van der Waals surface area (Å²) in [6, 6.07) is 0. The molecule has 0 N–H and O–H groups in total. The zero-order valence-electron chi connectivity index (χ0n) is 11.5. The lowest BCUT2D eigenvalue weighted by Gasteiger charge is -2.38. The van der Waals surface area contributed by atoms with Crippen LogP contribution in [0, 0.1) is 17.8 Å². The molecule has 1 heterocycles. The van der Waals surface area contributed by atoms with Crippen molar-refractivity contribution in [2.24, 2.45) is 17.8 Å². The minimum Gasteiger partial charge on any atom is -0.426 e. The molecule has 1 aliphatic carbocycles. The maximum absolute atomic E-state index is 11.3. The molecule has 4 atom stereocenters. The monoisotopic (exact) mass is 306 g/mol. The molecule has 19 heavy (non-hydrogen) atoms. The average Bonchev–Trinajstić information content (AvgIpc) is 2.57. The van der Waals surface area contributed by atoms with Crippen molar-refractivity contribution in [1.29, 1.82) is 0 Å². The van der Waals surface area contributed by atoms with Gasteiger partial charge in [0.2, 0.25) is 6.29 Å². The first kappa shape index (κ1) is 15.1. The standard InChI is InChI=1S/C14H20Cl2O3/c1-7(2)9-5-4-8(3)6-10(9)18-14-12(16)11(15)13(17)19-14/h7-10,14H,4-6H2,1-3H3. The summed E-state index contributed by atoms with van der Waals surface area (Å²) in [6.07, 6.45) is 2.58. The Labute approximate surface area is 124 Å². The van der Waals surface area contributed by atoms with Crippen LogP contribution in [-0.4, -0.2) is 18.4 Å². The van der Waals surface area contributed by atoms with Crippen LogP contribution in [0.25, 0.3) is 0 Å². The Hall–Kier alpha value is -0.250. The molecule has 0 bridgehead atoms. The molecule has 0 aromatic rings. The fraction of sp³-hybridized carbons (Fsp3) is 0.786. The molecule has 2 aliphatic rings. The second-order valence-corrected chi connectivity index (χ2v) is 6.68. The van der Waals surface area contributed by atoms with Gasteiger partial charge >= 0.3 is 5.97 Å². The second kappa shape index (κ2) is 6.02. The van der Waals surface area contributed by atoms with E-state index in [0.717, 1.165) is 12.8 Å². The lowest BCUT2D eigenvalue weighted by Crippen LogP contribution is -2.37. The third kappa shape index (κ3) is 3.26. The summed E-state index contributed by atoms with van der Waals surface area (Å²) < 4.78 is 11.0. The molecule has 0 saturated heterocycles. The molecule has 4 unspecified atom stereocenters. The van der Waals surface area contributed by atoms with Crippen molar-refractivity contribution in [2.75, 3.05) is 0 Å². The highest BCUT2D eigenvalue weighted by molar-refractivity contribution is 6.48. The van der Waals surface area contributed by atoms with Crippen LogP contribution in [0.4, 0.5) is 0 Å². The number of esters is 1. The molecule has 0 aromatic carbocycles. The van der Waals surface area contributed by atoms with E-state index in [4.69, 9.17) is 32.7 Å². The Kier molecular flexibility index (Phi) is 4.80. The predicted molar refractivity (Wildman–Crippen MR) is 74.8 cm³/mol. The first-order valence-corrected chi connectivity index (χ1v) is 7.57. The van der Waals surface area contributed by atoms with Crippen molar-refractivity contribution in [2.45, 2.75) is 52.4 Å². The normalized spacial score (nSPS) is 36.0. The Morgan fingerprint density at radius 3 is 2.53 bits per heavy atom. The highest BCUT2D eigenvalue weighted by Crippen LogP contribution is 2.38. The molecule has 5 heteroatoms. The van der Waals surface area contributed by atoms with Gasteiger partial charge in [-0.1, -0.05) is 50.4 Å². The highest BCUT2D eigenvalue weighted by atomic mass is 35.5. The van der Waals surface area contributed by atoms with Gasteiger partial charge < -0.3 is 9.47 Å².